The summed E-state index contributed by atoms with van der Waals surface area (Å²) in [5.41, 5.74) is 1.86. The molecule has 1 saturated carbocycles. The van der Waals surface area contributed by atoms with E-state index in [0.29, 0.717) is 16.9 Å². The highest BCUT2D eigenvalue weighted by molar-refractivity contribution is 5.93. The molecular formula is C15H17N5. The Bertz CT molecular complexity index is 725. The van der Waals surface area contributed by atoms with Crippen LogP contribution in [0.3, 0.4) is 0 Å². The number of nitrogens with one attached hydrogen (secondary N) is 1. The Kier molecular flexibility index (Phi) is 2.18. The first-order valence-corrected chi connectivity index (χ1v) is 7.13. The summed E-state index contributed by atoms with van der Waals surface area (Å²) < 4.78 is 0. The van der Waals surface area contributed by atoms with E-state index in [1.807, 2.05) is 0 Å². The molecular weight excluding hydrogens is 250 g/mol. The highest BCUT2D eigenvalue weighted by atomic mass is 15.2. The molecule has 0 radical (unpaired) electrons. The summed E-state index contributed by atoms with van der Waals surface area (Å²) in [5, 5.41) is 10.1. The molecule has 1 aliphatic heterocycles. The van der Waals surface area contributed by atoms with E-state index in [0.717, 1.165) is 35.9 Å². The van der Waals surface area contributed by atoms with Crippen molar-refractivity contribution in [2.24, 2.45) is 17.3 Å². The zero-order valence-electron chi connectivity index (χ0n) is 11.7. The van der Waals surface area contributed by atoms with Crippen LogP contribution in [0.2, 0.25) is 0 Å². The average molecular weight is 267 g/mol. The largest absolute Gasteiger partial charge is 0.355 e. The Hall–Kier alpha value is -2.09. The lowest BCUT2D eigenvalue weighted by Crippen LogP contribution is -2.27. The number of rotatable bonds is 2. The summed E-state index contributed by atoms with van der Waals surface area (Å²) in [6, 6.07) is 2.23. The molecule has 2 unspecified atom stereocenters. The summed E-state index contributed by atoms with van der Waals surface area (Å²) in [5.74, 6) is 2.41. The second kappa shape index (κ2) is 3.72. The summed E-state index contributed by atoms with van der Waals surface area (Å²) in [6.07, 6.45) is 4.65. The molecule has 20 heavy (non-hydrogen) atoms. The Morgan fingerprint density at radius 2 is 2.35 bits per heavy atom. The fourth-order valence-electron chi connectivity index (χ4n) is 3.85. The second-order valence-electron chi connectivity index (χ2n) is 6.40. The molecule has 1 aliphatic carbocycles. The lowest BCUT2D eigenvalue weighted by atomic mass is 9.91. The molecule has 4 rings (SSSR count). The molecule has 2 aromatic heterocycles. The van der Waals surface area contributed by atoms with Gasteiger partial charge in [0.1, 0.15) is 23.9 Å². The Labute approximate surface area is 117 Å². The van der Waals surface area contributed by atoms with E-state index >= 15 is 0 Å². The predicted molar refractivity (Wildman–Crippen MR) is 76.2 cm³/mol. The van der Waals surface area contributed by atoms with Crippen molar-refractivity contribution in [3.05, 3.63) is 18.1 Å². The van der Waals surface area contributed by atoms with Gasteiger partial charge in [-0.1, -0.05) is 13.8 Å². The number of nitriles is 1. The number of H-pyrrole nitrogens is 1. The van der Waals surface area contributed by atoms with E-state index in [2.05, 4.69) is 39.8 Å². The third-order valence-corrected chi connectivity index (χ3v) is 5.23. The maximum atomic E-state index is 9.25. The van der Waals surface area contributed by atoms with Crippen LogP contribution in [-0.4, -0.2) is 28.0 Å². The topological polar surface area (TPSA) is 68.6 Å². The first-order valence-electron chi connectivity index (χ1n) is 7.13. The predicted octanol–water partition coefficient (Wildman–Crippen LogP) is 2.31. The van der Waals surface area contributed by atoms with Gasteiger partial charge in [-0.2, -0.15) is 5.26 Å². The molecule has 3 heterocycles. The number of piperidine rings is 1. The monoisotopic (exact) mass is 267 g/mol. The number of hydrogen-bond donors (Lipinski definition) is 1. The molecule has 1 N–H and O–H groups in total. The van der Waals surface area contributed by atoms with Gasteiger partial charge in [0.25, 0.3) is 0 Å². The highest BCUT2D eigenvalue weighted by Gasteiger charge is 2.61. The molecule has 2 fully saturated rings. The molecule has 102 valence electrons. The minimum Gasteiger partial charge on any atom is -0.355 e. The third-order valence-electron chi connectivity index (χ3n) is 5.23. The average Bonchev–Trinajstić information content (AvgIpc) is 2.86. The SMILES string of the molecule is CC(C)C12CC1CN(c1ncnc3[nH]cc(C#N)c13)C2. The van der Waals surface area contributed by atoms with Crippen molar-refractivity contribution < 1.29 is 0 Å². The van der Waals surface area contributed by atoms with Crippen molar-refractivity contribution in [2.75, 3.05) is 18.0 Å². The van der Waals surface area contributed by atoms with Gasteiger partial charge in [-0.3, -0.25) is 0 Å². The Morgan fingerprint density at radius 1 is 1.50 bits per heavy atom. The third kappa shape index (κ3) is 1.36. The lowest BCUT2D eigenvalue weighted by Gasteiger charge is -2.24. The number of aromatic amines is 1. The van der Waals surface area contributed by atoms with Crippen molar-refractivity contribution in [2.45, 2.75) is 20.3 Å². The van der Waals surface area contributed by atoms with Crippen molar-refractivity contribution in [3.63, 3.8) is 0 Å². The standard InChI is InChI=1S/C15H17N5/c1-9(2)15-3-11(15)6-20(7-15)14-12-10(4-16)5-17-13(12)18-8-19-14/h5,8-9,11H,3,6-7H2,1-2H3,(H,17,18,19). The molecule has 5 nitrogen and oxygen atoms in total. The maximum Gasteiger partial charge on any atom is 0.144 e. The van der Waals surface area contributed by atoms with E-state index in [1.54, 1.807) is 12.5 Å². The molecule has 0 bridgehead atoms. The number of aromatic nitrogens is 3. The Morgan fingerprint density at radius 3 is 3.05 bits per heavy atom. The van der Waals surface area contributed by atoms with Crippen LogP contribution in [0.5, 0.6) is 0 Å². The van der Waals surface area contributed by atoms with Gasteiger partial charge in [0, 0.05) is 19.3 Å². The van der Waals surface area contributed by atoms with Crippen LogP contribution in [0.1, 0.15) is 25.8 Å². The lowest BCUT2D eigenvalue weighted by molar-refractivity contribution is 0.371. The van der Waals surface area contributed by atoms with Crippen molar-refractivity contribution in [3.8, 4) is 6.07 Å². The van der Waals surface area contributed by atoms with Gasteiger partial charge in [-0.25, -0.2) is 9.97 Å². The first-order chi connectivity index (χ1) is 9.65. The fraction of sp³-hybridized carbons (Fsp3) is 0.533. The fourth-order valence-corrected chi connectivity index (χ4v) is 3.85. The highest BCUT2D eigenvalue weighted by Crippen LogP contribution is 2.62. The molecule has 2 aliphatic rings. The van der Waals surface area contributed by atoms with Crippen LogP contribution in [0, 0.1) is 28.6 Å². The van der Waals surface area contributed by atoms with Gasteiger partial charge in [-0.15, -0.1) is 0 Å². The minimum absolute atomic E-state index is 0.473. The minimum atomic E-state index is 0.473. The van der Waals surface area contributed by atoms with Gasteiger partial charge >= 0.3 is 0 Å². The maximum absolute atomic E-state index is 9.25. The van der Waals surface area contributed by atoms with Crippen LogP contribution in [-0.2, 0) is 0 Å². The number of hydrogen-bond acceptors (Lipinski definition) is 4. The molecule has 5 heteroatoms. The molecule has 0 spiro atoms. The van der Waals surface area contributed by atoms with Gasteiger partial charge in [-0.05, 0) is 23.7 Å². The van der Waals surface area contributed by atoms with Crippen molar-refractivity contribution >= 4 is 16.9 Å². The van der Waals surface area contributed by atoms with Crippen LogP contribution >= 0.6 is 0 Å². The van der Waals surface area contributed by atoms with E-state index < -0.39 is 0 Å². The zero-order valence-corrected chi connectivity index (χ0v) is 11.7. The van der Waals surface area contributed by atoms with E-state index in [9.17, 15) is 5.26 Å². The second-order valence-corrected chi connectivity index (χ2v) is 6.40. The Balaban J connectivity index is 1.78. The first kappa shape index (κ1) is 11.7. The molecule has 0 amide bonds. The quantitative estimate of drug-likeness (QED) is 0.906. The van der Waals surface area contributed by atoms with Gasteiger partial charge in [0.05, 0.1) is 10.9 Å². The van der Waals surface area contributed by atoms with Crippen LogP contribution in [0.15, 0.2) is 12.5 Å². The molecule has 2 atom stereocenters. The van der Waals surface area contributed by atoms with Crippen molar-refractivity contribution in [1.82, 2.24) is 15.0 Å². The number of fused-ring (bicyclic) bond motifs is 2. The summed E-state index contributed by atoms with van der Waals surface area (Å²) in [7, 11) is 0. The van der Waals surface area contributed by atoms with Crippen molar-refractivity contribution in [1.29, 1.82) is 5.26 Å². The van der Waals surface area contributed by atoms with Crippen LogP contribution in [0.25, 0.3) is 11.0 Å². The summed E-state index contributed by atoms with van der Waals surface area (Å²) in [4.78, 5) is 14.1. The summed E-state index contributed by atoms with van der Waals surface area (Å²) >= 11 is 0. The van der Waals surface area contributed by atoms with E-state index in [1.165, 1.54) is 6.42 Å². The molecule has 1 saturated heterocycles. The molecule has 2 aromatic rings. The van der Waals surface area contributed by atoms with Gasteiger partial charge < -0.3 is 9.88 Å². The molecule has 0 aromatic carbocycles. The van der Waals surface area contributed by atoms with E-state index in [-0.39, 0.29) is 0 Å². The van der Waals surface area contributed by atoms with E-state index in [4.69, 9.17) is 0 Å². The van der Waals surface area contributed by atoms with Crippen LogP contribution in [0.4, 0.5) is 5.82 Å². The number of anilines is 1. The normalized spacial score (nSPS) is 27.9. The zero-order chi connectivity index (χ0) is 13.9. The van der Waals surface area contributed by atoms with Crippen LogP contribution < -0.4 is 4.90 Å². The van der Waals surface area contributed by atoms with Gasteiger partial charge in [0.15, 0.2) is 0 Å². The van der Waals surface area contributed by atoms with Gasteiger partial charge in [0.2, 0.25) is 0 Å². The summed E-state index contributed by atoms with van der Waals surface area (Å²) in [6.45, 7) is 6.74. The number of nitrogens with zero attached hydrogens (tertiary/aromatic N) is 4. The smallest absolute Gasteiger partial charge is 0.144 e.